The minimum Gasteiger partial charge on any atom is -0.355 e. The largest absolute Gasteiger partial charge is 0.355 e. The molecule has 0 saturated carbocycles. The summed E-state index contributed by atoms with van der Waals surface area (Å²) < 4.78 is 13.2. The molecule has 0 heterocycles. The van der Waals surface area contributed by atoms with Crippen molar-refractivity contribution >= 4 is 17.1 Å². The van der Waals surface area contributed by atoms with Gasteiger partial charge in [0.15, 0.2) is 0 Å². The Kier molecular flexibility index (Phi) is 3.62. The molecule has 100 valence electrons. The zero-order valence-electron chi connectivity index (χ0n) is 10.6. The van der Waals surface area contributed by atoms with Crippen LogP contribution in [-0.4, -0.2) is 4.92 Å². The van der Waals surface area contributed by atoms with Gasteiger partial charge in [-0.3, -0.25) is 10.1 Å². The fourth-order valence-corrected chi connectivity index (χ4v) is 1.74. The standard InChI is InChI=1S/C14H10FN3O2/c1-9-2-4-11(15)6-13(9)17-12-5-3-10(8-16)14(7-12)18(19)20/h2-7,17H,1H3. The zero-order valence-corrected chi connectivity index (χ0v) is 10.6. The van der Waals surface area contributed by atoms with Crippen molar-refractivity contribution in [2.75, 3.05) is 5.32 Å². The van der Waals surface area contributed by atoms with Gasteiger partial charge in [0.05, 0.1) is 4.92 Å². The highest BCUT2D eigenvalue weighted by molar-refractivity contribution is 5.67. The number of aryl methyl sites for hydroxylation is 1. The predicted molar refractivity (Wildman–Crippen MR) is 72.2 cm³/mol. The summed E-state index contributed by atoms with van der Waals surface area (Å²) in [7, 11) is 0. The molecule has 20 heavy (non-hydrogen) atoms. The van der Waals surface area contributed by atoms with Gasteiger partial charge >= 0.3 is 0 Å². The number of hydrogen-bond donors (Lipinski definition) is 1. The Hall–Kier alpha value is -2.94. The molecule has 0 aliphatic rings. The molecule has 0 saturated heterocycles. The molecule has 2 aromatic carbocycles. The van der Waals surface area contributed by atoms with Gasteiger partial charge in [0, 0.05) is 17.4 Å². The van der Waals surface area contributed by atoms with E-state index in [9.17, 15) is 14.5 Å². The van der Waals surface area contributed by atoms with Crippen LogP contribution in [0.3, 0.4) is 0 Å². The van der Waals surface area contributed by atoms with Crippen molar-refractivity contribution in [1.29, 1.82) is 5.26 Å². The fraction of sp³-hybridized carbons (Fsp3) is 0.0714. The van der Waals surface area contributed by atoms with E-state index in [1.807, 2.05) is 0 Å². The molecule has 2 rings (SSSR count). The number of halogens is 1. The molecule has 0 unspecified atom stereocenters. The Balaban J connectivity index is 2.40. The van der Waals surface area contributed by atoms with Crippen molar-refractivity contribution in [1.82, 2.24) is 0 Å². The van der Waals surface area contributed by atoms with E-state index < -0.39 is 10.7 Å². The number of nitrogens with zero attached hydrogens (tertiary/aromatic N) is 2. The molecule has 2 aromatic rings. The summed E-state index contributed by atoms with van der Waals surface area (Å²) in [6.07, 6.45) is 0. The summed E-state index contributed by atoms with van der Waals surface area (Å²) in [5.41, 5.74) is 1.44. The predicted octanol–water partition coefficient (Wildman–Crippen LogP) is 3.66. The van der Waals surface area contributed by atoms with Crippen molar-refractivity contribution in [3.63, 3.8) is 0 Å². The van der Waals surface area contributed by atoms with Crippen LogP contribution in [0, 0.1) is 34.2 Å². The smallest absolute Gasteiger partial charge is 0.289 e. The quantitative estimate of drug-likeness (QED) is 0.682. The SMILES string of the molecule is Cc1ccc(F)cc1Nc1ccc(C#N)c([N+](=O)[O-])c1. The maximum Gasteiger partial charge on any atom is 0.289 e. The summed E-state index contributed by atoms with van der Waals surface area (Å²) in [6, 6.07) is 10.2. The van der Waals surface area contributed by atoms with E-state index in [1.54, 1.807) is 19.1 Å². The first kappa shape index (κ1) is 13.5. The summed E-state index contributed by atoms with van der Waals surface area (Å²) in [4.78, 5) is 10.3. The Labute approximate surface area is 114 Å². The third-order valence-corrected chi connectivity index (χ3v) is 2.79. The molecule has 0 aliphatic carbocycles. The van der Waals surface area contributed by atoms with Crippen molar-refractivity contribution in [3.8, 4) is 6.07 Å². The monoisotopic (exact) mass is 271 g/mol. The number of hydrogen-bond acceptors (Lipinski definition) is 4. The van der Waals surface area contributed by atoms with Gasteiger partial charge in [-0.15, -0.1) is 0 Å². The number of nitrogens with one attached hydrogen (secondary N) is 1. The summed E-state index contributed by atoms with van der Waals surface area (Å²) in [5.74, 6) is -0.402. The molecular weight excluding hydrogens is 261 g/mol. The average Bonchev–Trinajstić information content (AvgIpc) is 2.42. The highest BCUT2D eigenvalue weighted by Gasteiger charge is 2.14. The van der Waals surface area contributed by atoms with Crippen LogP contribution in [0.1, 0.15) is 11.1 Å². The summed E-state index contributed by atoms with van der Waals surface area (Å²) >= 11 is 0. The number of anilines is 2. The van der Waals surface area contributed by atoms with Gasteiger partial charge in [-0.25, -0.2) is 4.39 Å². The molecule has 6 heteroatoms. The number of nitriles is 1. The van der Waals surface area contributed by atoms with Crippen molar-refractivity contribution < 1.29 is 9.31 Å². The number of nitro benzene ring substituents is 1. The van der Waals surface area contributed by atoms with Crippen molar-refractivity contribution in [2.45, 2.75) is 6.92 Å². The lowest BCUT2D eigenvalue weighted by molar-refractivity contribution is -0.385. The van der Waals surface area contributed by atoms with Crippen molar-refractivity contribution in [3.05, 3.63) is 63.5 Å². The van der Waals surface area contributed by atoms with Gasteiger partial charge in [0.1, 0.15) is 17.4 Å². The van der Waals surface area contributed by atoms with E-state index in [-0.39, 0.29) is 11.3 Å². The first-order valence-electron chi connectivity index (χ1n) is 5.73. The Morgan fingerprint density at radius 1 is 1.30 bits per heavy atom. The number of nitro groups is 1. The second kappa shape index (κ2) is 5.36. The molecule has 0 amide bonds. The first-order chi connectivity index (χ1) is 9.51. The Morgan fingerprint density at radius 2 is 2.05 bits per heavy atom. The van der Waals surface area contributed by atoms with Crippen LogP contribution in [0.5, 0.6) is 0 Å². The fourth-order valence-electron chi connectivity index (χ4n) is 1.74. The van der Waals surface area contributed by atoms with E-state index >= 15 is 0 Å². The molecule has 0 aliphatic heterocycles. The molecule has 0 fully saturated rings. The Bertz CT molecular complexity index is 723. The third kappa shape index (κ3) is 2.72. The highest BCUT2D eigenvalue weighted by Crippen LogP contribution is 2.26. The van der Waals surface area contributed by atoms with Gasteiger partial charge < -0.3 is 5.32 Å². The van der Waals surface area contributed by atoms with E-state index in [0.29, 0.717) is 11.4 Å². The topological polar surface area (TPSA) is 79.0 Å². The van der Waals surface area contributed by atoms with Crippen LogP contribution in [0.2, 0.25) is 0 Å². The van der Waals surface area contributed by atoms with E-state index in [2.05, 4.69) is 5.32 Å². The Morgan fingerprint density at radius 3 is 2.70 bits per heavy atom. The van der Waals surface area contributed by atoms with Crippen LogP contribution in [0.25, 0.3) is 0 Å². The molecule has 5 nitrogen and oxygen atoms in total. The molecule has 0 radical (unpaired) electrons. The minimum absolute atomic E-state index is 0.0171. The third-order valence-electron chi connectivity index (χ3n) is 2.79. The second-order valence-corrected chi connectivity index (χ2v) is 4.19. The lowest BCUT2D eigenvalue weighted by Gasteiger charge is -2.09. The van der Waals surface area contributed by atoms with Gasteiger partial charge in [-0.2, -0.15) is 5.26 Å². The highest BCUT2D eigenvalue weighted by atomic mass is 19.1. The maximum absolute atomic E-state index is 13.2. The van der Waals surface area contributed by atoms with E-state index in [4.69, 9.17) is 5.26 Å². The normalized spacial score (nSPS) is 9.85. The van der Waals surface area contributed by atoms with Crippen LogP contribution in [0.4, 0.5) is 21.5 Å². The van der Waals surface area contributed by atoms with Gasteiger partial charge in [0.25, 0.3) is 5.69 Å². The van der Waals surface area contributed by atoms with E-state index in [1.165, 1.54) is 30.3 Å². The lowest BCUT2D eigenvalue weighted by atomic mass is 10.1. The molecule has 0 bridgehead atoms. The average molecular weight is 271 g/mol. The van der Waals surface area contributed by atoms with Gasteiger partial charge in [-0.1, -0.05) is 6.07 Å². The minimum atomic E-state index is -0.623. The van der Waals surface area contributed by atoms with Crippen LogP contribution in [-0.2, 0) is 0 Å². The van der Waals surface area contributed by atoms with E-state index in [0.717, 1.165) is 5.56 Å². The second-order valence-electron chi connectivity index (χ2n) is 4.19. The van der Waals surface area contributed by atoms with Crippen LogP contribution >= 0.6 is 0 Å². The zero-order chi connectivity index (χ0) is 14.7. The number of benzene rings is 2. The van der Waals surface area contributed by atoms with Crippen molar-refractivity contribution in [2.24, 2.45) is 0 Å². The molecule has 0 aromatic heterocycles. The molecule has 0 atom stereocenters. The molecule has 0 spiro atoms. The molecule has 1 N–H and O–H groups in total. The van der Waals surface area contributed by atoms with Crippen LogP contribution in [0.15, 0.2) is 36.4 Å². The first-order valence-corrected chi connectivity index (χ1v) is 5.73. The maximum atomic E-state index is 13.2. The van der Waals surface area contributed by atoms with Gasteiger partial charge in [0.2, 0.25) is 0 Å². The summed E-state index contributed by atoms with van der Waals surface area (Å²) in [6.45, 7) is 1.79. The lowest BCUT2D eigenvalue weighted by Crippen LogP contribution is -1.97. The number of rotatable bonds is 3. The molecular formula is C14H10FN3O2. The summed E-state index contributed by atoms with van der Waals surface area (Å²) in [5, 5.41) is 22.6. The van der Waals surface area contributed by atoms with Crippen LogP contribution < -0.4 is 5.32 Å². The van der Waals surface area contributed by atoms with Gasteiger partial charge in [-0.05, 0) is 36.8 Å².